The van der Waals surface area contributed by atoms with Gasteiger partial charge in [-0.2, -0.15) is 0 Å². The van der Waals surface area contributed by atoms with Gasteiger partial charge in [-0.1, -0.05) is 48.5 Å². The molecule has 0 bridgehead atoms. The largest absolute Gasteiger partial charge is 0.488 e. The van der Waals surface area contributed by atoms with E-state index in [1.54, 1.807) is 0 Å². The average molecular weight is 493 g/mol. The zero-order chi connectivity index (χ0) is 25.7. The first-order chi connectivity index (χ1) is 17.9. The lowest BCUT2D eigenvalue weighted by atomic mass is 9.89. The number of ether oxygens (including phenoxy) is 1. The Morgan fingerprint density at radius 2 is 1.92 bits per heavy atom. The summed E-state index contributed by atoms with van der Waals surface area (Å²) in [7, 11) is 0. The van der Waals surface area contributed by atoms with E-state index in [2.05, 4.69) is 65.8 Å². The average Bonchev–Trinajstić information content (AvgIpc) is 3.43. The van der Waals surface area contributed by atoms with E-state index >= 15 is 0 Å². The smallest absolute Gasteiger partial charge is 0.439 e. The van der Waals surface area contributed by atoms with Crippen LogP contribution in [0.15, 0.2) is 63.9 Å². The molecule has 0 fully saturated rings. The number of nitrogens with zero attached hydrogens (tertiary/aromatic N) is 3. The predicted molar refractivity (Wildman–Crippen MR) is 144 cm³/mol. The molecule has 37 heavy (non-hydrogen) atoms. The van der Waals surface area contributed by atoms with Crippen molar-refractivity contribution < 1.29 is 9.26 Å². The maximum absolute atomic E-state index is 11.7. The summed E-state index contributed by atoms with van der Waals surface area (Å²) >= 11 is 0. The number of para-hydroxylation sites is 1. The third-order valence-electron chi connectivity index (χ3n) is 7.07. The Balaban J connectivity index is 1.49. The Labute approximate surface area is 214 Å². The van der Waals surface area contributed by atoms with Crippen LogP contribution < -0.4 is 10.5 Å². The highest BCUT2D eigenvalue weighted by Crippen LogP contribution is 2.40. The van der Waals surface area contributed by atoms with Crippen molar-refractivity contribution in [1.82, 2.24) is 19.7 Å². The fraction of sp³-hybridized carbons (Fsp3) is 0.233. The maximum Gasteiger partial charge on any atom is 0.439 e. The van der Waals surface area contributed by atoms with Crippen LogP contribution in [0.4, 0.5) is 0 Å². The third kappa shape index (κ3) is 3.96. The Morgan fingerprint density at radius 1 is 1.08 bits per heavy atom. The SMILES string of the molecule is CCc1nc2c(C)cc(C)cc2n1Cc1ccc2c(c1)COc1ccccc1C2=C(C)c1noc(=O)[nH]1. The second-order valence-electron chi connectivity index (χ2n) is 9.64. The molecule has 0 atom stereocenters. The third-order valence-corrected chi connectivity index (χ3v) is 7.07. The number of fused-ring (bicyclic) bond motifs is 3. The Morgan fingerprint density at radius 3 is 2.70 bits per heavy atom. The first-order valence-corrected chi connectivity index (χ1v) is 12.5. The number of nitrogens with one attached hydrogen (secondary N) is 1. The van der Waals surface area contributed by atoms with Gasteiger partial charge < -0.3 is 9.30 Å². The summed E-state index contributed by atoms with van der Waals surface area (Å²) in [5, 5.41) is 3.94. The normalized spacial score (nSPS) is 14.2. The second kappa shape index (κ2) is 8.92. The van der Waals surface area contributed by atoms with Crippen LogP contribution in [0.2, 0.25) is 0 Å². The number of aromatic nitrogens is 4. The molecule has 0 amide bonds. The van der Waals surface area contributed by atoms with Gasteiger partial charge in [-0.25, -0.2) is 9.78 Å². The molecule has 1 N–H and O–H groups in total. The van der Waals surface area contributed by atoms with Gasteiger partial charge in [0.1, 0.15) is 18.2 Å². The van der Waals surface area contributed by atoms with Crippen molar-refractivity contribution in [2.45, 2.75) is 47.3 Å². The van der Waals surface area contributed by atoms with Crippen LogP contribution in [0, 0.1) is 13.8 Å². The quantitative estimate of drug-likeness (QED) is 0.342. The molecule has 1 aliphatic rings. The van der Waals surface area contributed by atoms with Crippen molar-refractivity contribution in [1.29, 1.82) is 0 Å². The van der Waals surface area contributed by atoms with Crippen molar-refractivity contribution in [3.63, 3.8) is 0 Å². The highest BCUT2D eigenvalue weighted by molar-refractivity contribution is 5.99. The molecule has 186 valence electrons. The van der Waals surface area contributed by atoms with Crippen molar-refractivity contribution in [2.75, 3.05) is 0 Å². The number of benzene rings is 3. The van der Waals surface area contributed by atoms with Crippen molar-refractivity contribution in [2.24, 2.45) is 0 Å². The second-order valence-corrected chi connectivity index (χ2v) is 9.64. The summed E-state index contributed by atoms with van der Waals surface area (Å²) in [6, 6.07) is 18.9. The number of hydrogen-bond donors (Lipinski definition) is 1. The van der Waals surface area contributed by atoms with E-state index in [0.717, 1.165) is 57.9 Å². The molecule has 7 nitrogen and oxygen atoms in total. The van der Waals surface area contributed by atoms with Gasteiger partial charge in [0.15, 0.2) is 5.82 Å². The number of imidazole rings is 1. The molecule has 3 aromatic carbocycles. The van der Waals surface area contributed by atoms with Gasteiger partial charge in [0, 0.05) is 24.1 Å². The van der Waals surface area contributed by atoms with Gasteiger partial charge >= 0.3 is 5.76 Å². The van der Waals surface area contributed by atoms with Crippen molar-refractivity contribution >= 4 is 22.2 Å². The number of aromatic amines is 1. The molecule has 0 spiro atoms. The first-order valence-electron chi connectivity index (χ1n) is 12.5. The standard InChI is InChI=1S/C30H28N4O3/c1-5-26-31-28-18(3)12-17(2)13-24(28)34(26)15-20-10-11-22-21(14-20)16-36-25-9-7-6-8-23(25)27(22)19(4)29-32-30(35)37-33-29/h6-14H,5,15-16H2,1-4H3,(H,32,33,35). The molecule has 3 heterocycles. The summed E-state index contributed by atoms with van der Waals surface area (Å²) < 4.78 is 13.4. The summed E-state index contributed by atoms with van der Waals surface area (Å²) in [4.78, 5) is 19.3. The van der Waals surface area contributed by atoms with Gasteiger partial charge in [-0.3, -0.25) is 9.51 Å². The van der Waals surface area contributed by atoms with E-state index in [1.807, 2.05) is 31.2 Å². The summed E-state index contributed by atoms with van der Waals surface area (Å²) in [6.07, 6.45) is 0.860. The predicted octanol–water partition coefficient (Wildman–Crippen LogP) is 5.81. The summed E-state index contributed by atoms with van der Waals surface area (Å²) in [5.41, 5.74) is 10.7. The van der Waals surface area contributed by atoms with Crippen LogP contribution in [0.25, 0.3) is 22.2 Å². The molecular weight excluding hydrogens is 464 g/mol. The van der Waals surface area contributed by atoms with Crippen LogP contribution in [0.5, 0.6) is 5.75 Å². The molecule has 0 unspecified atom stereocenters. The molecule has 0 saturated carbocycles. The van der Waals surface area contributed by atoms with E-state index in [1.165, 1.54) is 22.2 Å². The monoisotopic (exact) mass is 492 g/mol. The number of rotatable bonds is 4. The van der Waals surface area contributed by atoms with Gasteiger partial charge in [-0.05, 0) is 72.4 Å². The summed E-state index contributed by atoms with van der Waals surface area (Å²) in [6.45, 7) is 9.51. The minimum atomic E-state index is -0.576. The van der Waals surface area contributed by atoms with E-state index in [9.17, 15) is 4.79 Å². The minimum Gasteiger partial charge on any atom is -0.488 e. The fourth-order valence-corrected chi connectivity index (χ4v) is 5.37. The zero-order valence-corrected chi connectivity index (χ0v) is 21.4. The van der Waals surface area contributed by atoms with Crippen molar-refractivity contribution in [3.05, 3.63) is 110 Å². The molecule has 0 radical (unpaired) electrons. The van der Waals surface area contributed by atoms with Gasteiger partial charge in [0.2, 0.25) is 0 Å². The molecular formula is C30H28N4O3. The van der Waals surface area contributed by atoms with E-state index < -0.39 is 5.76 Å². The van der Waals surface area contributed by atoms with Crippen LogP contribution >= 0.6 is 0 Å². The van der Waals surface area contributed by atoms with Gasteiger partial charge in [0.25, 0.3) is 0 Å². The number of hydrogen-bond acceptors (Lipinski definition) is 5. The van der Waals surface area contributed by atoms with E-state index in [4.69, 9.17) is 14.2 Å². The van der Waals surface area contributed by atoms with Crippen molar-refractivity contribution in [3.8, 4) is 5.75 Å². The molecule has 0 saturated heterocycles. The van der Waals surface area contributed by atoms with E-state index in [-0.39, 0.29) is 0 Å². The van der Waals surface area contributed by atoms with Crippen LogP contribution in [-0.2, 0) is 19.6 Å². The lowest BCUT2D eigenvalue weighted by Crippen LogP contribution is -2.06. The highest BCUT2D eigenvalue weighted by Gasteiger charge is 2.23. The Hall–Kier alpha value is -4.39. The fourth-order valence-electron chi connectivity index (χ4n) is 5.37. The topological polar surface area (TPSA) is 85.9 Å². The lowest BCUT2D eigenvalue weighted by Gasteiger charge is -2.15. The molecule has 2 aromatic heterocycles. The highest BCUT2D eigenvalue weighted by atomic mass is 16.5. The van der Waals surface area contributed by atoms with Crippen LogP contribution in [-0.4, -0.2) is 19.7 Å². The first kappa shape index (κ1) is 23.0. The van der Waals surface area contributed by atoms with Gasteiger partial charge in [0.05, 0.1) is 11.0 Å². The number of H-pyrrole nitrogens is 1. The Kier molecular flexibility index (Phi) is 5.56. The van der Waals surface area contributed by atoms with Gasteiger partial charge in [-0.15, -0.1) is 0 Å². The number of aryl methyl sites for hydroxylation is 3. The van der Waals surface area contributed by atoms with Crippen LogP contribution in [0.1, 0.15) is 58.9 Å². The Bertz CT molecular complexity index is 1750. The maximum atomic E-state index is 11.7. The number of allylic oxidation sites excluding steroid dienone is 1. The van der Waals surface area contributed by atoms with E-state index in [0.29, 0.717) is 12.4 Å². The zero-order valence-electron chi connectivity index (χ0n) is 21.4. The molecule has 6 rings (SSSR count). The lowest BCUT2D eigenvalue weighted by molar-refractivity contribution is 0.307. The van der Waals surface area contributed by atoms with Crippen LogP contribution in [0.3, 0.4) is 0 Å². The molecule has 5 aromatic rings. The molecule has 1 aliphatic heterocycles. The molecule has 7 heteroatoms. The summed E-state index contributed by atoms with van der Waals surface area (Å²) in [5.74, 6) is 1.71. The molecule has 0 aliphatic carbocycles. The minimum absolute atomic E-state index is 0.412.